The van der Waals surface area contributed by atoms with E-state index < -0.39 is 0 Å². The van der Waals surface area contributed by atoms with Crippen molar-refractivity contribution in [1.82, 2.24) is 19.7 Å². The van der Waals surface area contributed by atoms with Crippen molar-refractivity contribution in [3.05, 3.63) is 36.4 Å². The zero-order valence-corrected chi connectivity index (χ0v) is 9.94. The number of fused-ring (bicyclic) bond motifs is 1. The van der Waals surface area contributed by atoms with Gasteiger partial charge in [-0.1, -0.05) is 6.92 Å². The highest BCUT2D eigenvalue weighted by Crippen LogP contribution is 2.24. The van der Waals surface area contributed by atoms with Gasteiger partial charge in [0.2, 0.25) is 0 Å². The van der Waals surface area contributed by atoms with Crippen LogP contribution in [-0.4, -0.2) is 19.7 Å². The SMILES string of the molecule is CCc1c[nH]c2ncc(-c3cnn(C)c3)cc12. The molecular formula is C13H14N4. The Bertz CT molecular complexity index is 663. The summed E-state index contributed by atoms with van der Waals surface area (Å²) in [6.07, 6.45) is 8.79. The summed E-state index contributed by atoms with van der Waals surface area (Å²) in [5.74, 6) is 0. The molecule has 3 rings (SSSR count). The lowest BCUT2D eigenvalue weighted by Gasteiger charge is -1.98. The summed E-state index contributed by atoms with van der Waals surface area (Å²) in [6.45, 7) is 2.15. The third kappa shape index (κ3) is 1.62. The van der Waals surface area contributed by atoms with Crippen LogP contribution in [0.4, 0.5) is 0 Å². The fourth-order valence-electron chi connectivity index (χ4n) is 2.08. The Morgan fingerprint density at radius 1 is 1.29 bits per heavy atom. The highest BCUT2D eigenvalue weighted by molar-refractivity contribution is 5.84. The van der Waals surface area contributed by atoms with Gasteiger partial charge in [-0.2, -0.15) is 5.10 Å². The van der Waals surface area contributed by atoms with E-state index in [1.54, 1.807) is 4.68 Å². The van der Waals surface area contributed by atoms with Crippen molar-refractivity contribution in [2.24, 2.45) is 7.05 Å². The largest absolute Gasteiger partial charge is 0.346 e. The Morgan fingerprint density at radius 3 is 2.88 bits per heavy atom. The van der Waals surface area contributed by atoms with Gasteiger partial charge in [-0.15, -0.1) is 0 Å². The van der Waals surface area contributed by atoms with E-state index in [4.69, 9.17) is 0 Å². The molecule has 0 fully saturated rings. The first-order valence-electron chi connectivity index (χ1n) is 5.73. The lowest BCUT2D eigenvalue weighted by atomic mass is 10.1. The number of hydrogen-bond donors (Lipinski definition) is 1. The summed E-state index contributed by atoms with van der Waals surface area (Å²) in [4.78, 5) is 7.63. The van der Waals surface area contributed by atoms with Crippen LogP contribution in [0.5, 0.6) is 0 Å². The number of aromatic amines is 1. The minimum atomic E-state index is 0.953. The molecule has 4 heteroatoms. The zero-order valence-electron chi connectivity index (χ0n) is 9.94. The van der Waals surface area contributed by atoms with Crippen molar-refractivity contribution in [3.8, 4) is 11.1 Å². The molecule has 3 aromatic rings. The number of hydrogen-bond acceptors (Lipinski definition) is 2. The van der Waals surface area contributed by atoms with Crippen LogP contribution >= 0.6 is 0 Å². The van der Waals surface area contributed by atoms with E-state index in [9.17, 15) is 0 Å². The lowest BCUT2D eigenvalue weighted by molar-refractivity contribution is 0.768. The normalized spacial score (nSPS) is 11.2. The molecule has 0 radical (unpaired) electrons. The van der Waals surface area contributed by atoms with E-state index in [1.807, 2.05) is 31.8 Å². The van der Waals surface area contributed by atoms with Gasteiger partial charge >= 0.3 is 0 Å². The minimum absolute atomic E-state index is 0.953. The fraction of sp³-hybridized carbons (Fsp3) is 0.231. The number of aryl methyl sites for hydroxylation is 2. The highest BCUT2D eigenvalue weighted by atomic mass is 15.2. The second kappa shape index (κ2) is 3.73. The van der Waals surface area contributed by atoms with Gasteiger partial charge in [0.25, 0.3) is 0 Å². The second-order valence-corrected chi connectivity index (χ2v) is 4.19. The minimum Gasteiger partial charge on any atom is -0.346 e. The monoisotopic (exact) mass is 226 g/mol. The Labute approximate surface area is 99.3 Å². The molecule has 0 saturated carbocycles. The quantitative estimate of drug-likeness (QED) is 0.729. The summed E-state index contributed by atoms with van der Waals surface area (Å²) in [5.41, 5.74) is 4.47. The molecule has 4 nitrogen and oxygen atoms in total. The molecule has 0 unspecified atom stereocenters. The van der Waals surface area contributed by atoms with E-state index in [1.165, 1.54) is 10.9 Å². The van der Waals surface area contributed by atoms with Crippen LogP contribution in [0.2, 0.25) is 0 Å². The lowest BCUT2D eigenvalue weighted by Crippen LogP contribution is -1.84. The van der Waals surface area contributed by atoms with Crippen LogP contribution in [0.3, 0.4) is 0 Å². The topological polar surface area (TPSA) is 46.5 Å². The Kier molecular flexibility index (Phi) is 2.21. The molecule has 0 amide bonds. The van der Waals surface area contributed by atoms with Crippen LogP contribution in [0, 0.1) is 0 Å². The van der Waals surface area contributed by atoms with Gasteiger partial charge in [0.15, 0.2) is 0 Å². The van der Waals surface area contributed by atoms with Crippen molar-refractivity contribution < 1.29 is 0 Å². The first kappa shape index (κ1) is 10.1. The van der Waals surface area contributed by atoms with Gasteiger partial charge in [0, 0.05) is 42.2 Å². The van der Waals surface area contributed by atoms with E-state index in [2.05, 4.69) is 28.1 Å². The van der Waals surface area contributed by atoms with Crippen molar-refractivity contribution >= 4 is 11.0 Å². The van der Waals surface area contributed by atoms with E-state index in [0.29, 0.717) is 0 Å². The molecule has 3 aromatic heterocycles. The maximum atomic E-state index is 4.44. The van der Waals surface area contributed by atoms with Gasteiger partial charge in [-0.25, -0.2) is 4.98 Å². The maximum absolute atomic E-state index is 4.44. The highest BCUT2D eigenvalue weighted by Gasteiger charge is 2.06. The third-order valence-electron chi connectivity index (χ3n) is 3.04. The van der Waals surface area contributed by atoms with Crippen molar-refractivity contribution in [1.29, 1.82) is 0 Å². The summed E-state index contributed by atoms with van der Waals surface area (Å²) < 4.78 is 1.80. The predicted molar refractivity (Wildman–Crippen MR) is 67.7 cm³/mol. The molecule has 0 aliphatic rings. The number of nitrogens with one attached hydrogen (secondary N) is 1. The van der Waals surface area contributed by atoms with E-state index in [-0.39, 0.29) is 0 Å². The first-order valence-corrected chi connectivity index (χ1v) is 5.73. The third-order valence-corrected chi connectivity index (χ3v) is 3.04. The zero-order chi connectivity index (χ0) is 11.8. The number of H-pyrrole nitrogens is 1. The van der Waals surface area contributed by atoms with Crippen LogP contribution in [-0.2, 0) is 13.5 Å². The molecule has 17 heavy (non-hydrogen) atoms. The number of pyridine rings is 1. The molecule has 0 spiro atoms. The molecule has 0 atom stereocenters. The van der Waals surface area contributed by atoms with Crippen LogP contribution in [0.1, 0.15) is 12.5 Å². The fourth-order valence-corrected chi connectivity index (χ4v) is 2.08. The van der Waals surface area contributed by atoms with E-state index >= 15 is 0 Å². The maximum Gasteiger partial charge on any atom is 0.137 e. The van der Waals surface area contributed by atoms with Gasteiger partial charge in [0.1, 0.15) is 5.65 Å². The average Bonchev–Trinajstić information content (AvgIpc) is 2.94. The van der Waals surface area contributed by atoms with E-state index in [0.717, 1.165) is 23.2 Å². The van der Waals surface area contributed by atoms with Crippen LogP contribution < -0.4 is 0 Å². The molecule has 1 N–H and O–H groups in total. The van der Waals surface area contributed by atoms with Crippen molar-refractivity contribution in [2.75, 3.05) is 0 Å². The van der Waals surface area contributed by atoms with Crippen LogP contribution in [0.25, 0.3) is 22.2 Å². The molecule has 0 aliphatic carbocycles. The summed E-state index contributed by atoms with van der Waals surface area (Å²) in [6, 6.07) is 2.18. The second-order valence-electron chi connectivity index (χ2n) is 4.19. The predicted octanol–water partition coefficient (Wildman–Crippen LogP) is 2.53. The number of rotatable bonds is 2. The smallest absolute Gasteiger partial charge is 0.137 e. The standard InChI is InChI=1S/C13H14N4/c1-3-9-5-14-13-12(9)4-10(6-15-13)11-7-16-17(2)8-11/h4-8H,3H2,1-2H3,(H,14,15). The Balaban J connectivity index is 2.18. The summed E-state index contributed by atoms with van der Waals surface area (Å²) in [5, 5.41) is 5.39. The number of aromatic nitrogens is 4. The average molecular weight is 226 g/mol. The van der Waals surface area contributed by atoms with Crippen molar-refractivity contribution in [2.45, 2.75) is 13.3 Å². The van der Waals surface area contributed by atoms with Gasteiger partial charge in [-0.3, -0.25) is 4.68 Å². The Hall–Kier alpha value is -2.10. The van der Waals surface area contributed by atoms with Gasteiger partial charge in [0.05, 0.1) is 6.20 Å². The van der Waals surface area contributed by atoms with Gasteiger partial charge < -0.3 is 4.98 Å². The van der Waals surface area contributed by atoms with Crippen molar-refractivity contribution in [3.63, 3.8) is 0 Å². The first-order chi connectivity index (χ1) is 8.28. The van der Waals surface area contributed by atoms with Crippen LogP contribution in [0.15, 0.2) is 30.9 Å². The van der Waals surface area contributed by atoms with Gasteiger partial charge in [-0.05, 0) is 18.1 Å². The molecule has 0 saturated heterocycles. The molecule has 3 heterocycles. The molecule has 0 aromatic carbocycles. The molecule has 0 bridgehead atoms. The summed E-state index contributed by atoms with van der Waals surface area (Å²) >= 11 is 0. The summed E-state index contributed by atoms with van der Waals surface area (Å²) in [7, 11) is 1.92. The molecule has 0 aliphatic heterocycles. The molecular weight excluding hydrogens is 212 g/mol. The number of nitrogens with zero attached hydrogens (tertiary/aromatic N) is 3. The molecule has 86 valence electrons. The Morgan fingerprint density at radius 2 is 2.18 bits per heavy atom.